The van der Waals surface area contributed by atoms with Crippen molar-refractivity contribution in [1.29, 1.82) is 0 Å². The molecule has 0 aromatic rings. The second-order valence-corrected chi connectivity index (χ2v) is 3.31. The predicted molar refractivity (Wildman–Crippen MR) is 51.5 cm³/mol. The summed E-state index contributed by atoms with van der Waals surface area (Å²) in [7, 11) is 0. The van der Waals surface area contributed by atoms with Gasteiger partial charge in [-0.25, -0.2) is 0 Å². The van der Waals surface area contributed by atoms with E-state index >= 15 is 0 Å². The minimum absolute atomic E-state index is 0.652. The van der Waals surface area contributed by atoms with E-state index in [4.69, 9.17) is 5.73 Å². The average molecular weight is 153 g/mol. The molecular formula is C10H19N. The lowest BCUT2D eigenvalue weighted by molar-refractivity contribution is 1.07. The van der Waals surface area contributed by atoms with Crippen LogP contribution in [0.25, 0.3) is 0 Å². The van der Waals surface area contributed by atoms with E-state index in [-0.39, 0.29) is 0 Å². The van der Waals surface area contributed by atoms with Crippen molar-refractivity contribution in [2.45, 2.75) is 34.6 Å². The van der Waals surface area contributed by atoms with Gasteiger partial charge in [0.25, 0.3) is 0 Å². The summed E-state index contributed by atoms with van der Waals surface area (Å²) in [6.07, 6.45) is 0. The highest BCUT2D eigenvalue weighted by atomic mass is 14.5. The molecule has 0 heterocycles. The maximum Gasteiger partial charge on any atom is 0.0180 e. The Labute approximate surface area is 70.0 Å². The molecule has 0 aliphatic heterocycles. The molecule has 0 atom stereocenters. The molecule has 0 aliphatic carbocycles. The van der Waals surface area contributed by atoms with E-state index in [2.05, 4.69) is 34.6 Å². The van der Waals surface area contributed by atoms with Crippen LogP contribution in [0.15, 0.2) is 22.3 Å². The lowest BCUT2D eigenvalue weighted by Crippen LogP contribution is -2.06. The number of hydrogen-bond acceptors (Lipinski definition) is 1. The standard InChI is InChI=1S/C10H19N/c1-7(2)9(5)10(6-11)8(3)4/h6,11H2,1-5H3. The highest BCUT2D eigenvalue weighted by Crippen LogP contribution is 2.16. The molecule has 0 bridgehead atoms. The van der Waals surface area contributed by atoms with Crippen LogP contribution < -0.4 is 5.73 Å². The van der Waals surface area contributed by atoms with E-state index in [1.807, 2.05) is 0 Å². The Hall–Kier alpha value is -0.560. The lowest BCUT2D eigenvalue weighted by atomic mass is 9.99. The number of rotatable bonds is 2. The molecule has 0 radical (unpaired) electrons. The fourth-order valence-corrected chi connectivity index (χ4v) is 1.03. The number of allylic oxidation sites excluding steroid dienone is 2. The van der Waals surface area contributed by atoms with Crippen molar-refractivity contribution in [1.82, 2.24) is 0 Å². The molecule has 2 N–H and O–H groups in total. The van der Waals surface area contributed by atoms with Gasteiger partial charge in [0.2, 0.25) is 0 Å². The third-order valence-electron chi connectivity index (χ3n) is 2.01. The molecular weight excluding hydrogens is 134 g/mol. The third kappa shape index (κ3) is 2.89. The molecule has 1 nitrogen and oxygen atoms in total. The minimum Gasteiger partial charge on any atom is -0.326 e. The summed E-state index contributed by atoms with van der Waals surface area (Å²) in [5.41, 5.74) is 10.9. The van der Waals surface area contributed by atoms with Crippen LogP contribution in [0.2, 0.25) is 0 Å². The van der Waals surface area contributed by atoms with Gasteiger partial charge in [0, 0.05) is 6.54 Å². The van der Waals surface area contributed by atoms with E-state index in [9.17, 15) is 0 Å². The summed E-state index contributed by atoms with van der Waals surface area (Å²) in [5.74, 6) is 0. The van der Waals surface area contributed by atoms with Crippen LogP contribution in [0.5, 0.6) is 0 Å². The molecule has 0 fully saturated rings. The second kappa shape index (κ2) is 4.35. The van der Waals surface area contributed by atoms with Gasteiger partial charge in [-0.3, -0.25) is 0 Å². The van der Waals surface area contributed by atoms with Crippen molar-refractivity contribution >= 4 is 0 Å². The zero-order chi connectivity index (χ0) is 9.02. The summed E-state index contributed by atoms with van der Waals surface area (Å²) in [6, 6.07) is 0. The molecule has 11 heavy (non-hydrogen) atoms. The predicted octanol–water partition coefficient (Wildman–Crippen LogP) is 2.64. The Balaban J connectivity index is 4.84. The van der Waals surface area contributed by atoms with Crippen LogP contribution >= 0.6 is 0 Å². The van der Waals surface area contributed by atoms with Gasteiger partial charge in [0.05, 0.1) is 0 Å². The van der Waals surface area contributed by atoms with E-state index in [0.29, 0.717) is 6.54 Å². The Bertz CT molecular complexity index is 189. The topological polar surface area (TPSA) is 26.0 Å². The molecule has 0 saturated heterocycles. The quantitative estimate of drug-likeness (QED) is 0.606. The Morgan fingerprint density at radius 2 is 1.36 bits per heavy atom. The first-order valence-electron chi connectivity index (χ1n) is 4.01. The maximum atomic E-state index is 5.62. The molecule has 0 amide bonds. The zero-order valence-electron chi connectivity index (χ0n) is 8.28. The average Bonchev–Trinajstić information content (AvgIpc) is 1.88. The van der Waals surface area contributed by atoms with Gasteiger partial charge in [-0.2, -0.15) is 0 Å². The molecule has 0 spiro atoms. The highest BCUT2D eigenvalue weighted by Gasteiger charge is 2.00. The molecule has 0 saturated carbocycles. The summed E-state index contributed by atoms with van der Waals surface area (Å²) in [5, 5.41) is 0. The van der Waals surface area contributed by atoms with Gasteiger partial charge in [-0.1, -0.05) is 11.1 Å². The van der Waals surface area contributed by atoms with E-state index in [1.165, 1.54) is 22.3 Å². The van der Waals surface area contributed by atoms with Crippen molar-refractivity contribution in [3.8, 4) is 0 Å². The maximum absolute atomic E-state index is 5.62. The van der Waals surface area contributed by atoms with Gasteiger partial charge in [-0.15, -0.1) is 0 Å². The van der Waals surface area contributed by atoms with Crippen LogP contribution in [0.4, 0.5) is 0 Å². The Morgan fingerprint density at radius 1 is 0.909 bits per heavy atom. The zero-order valence-corrected chi connectivity index (χ0v) is 8.28. The monoisotopic (exact) mass is 153 g/mol. The summed E-state index contributed by atoms with van der Waals surface area (Å²) >= 11 is 0. The van der Waals surface area contributed by atoms with Crippen LogP contribution in [0.3, 0.4) is 0 Å². The van der Waals surface area contributed by atoms with Crippen LogP contribution in [-0.4, -0.2) is 6.54 Å². The molecule has 0 unspecified atom stereocenters. The SMILES string of the molecule is CC(C)=C(C)C(CN)=C(C)C. The van der Waals surface area contributed by atoms with E-state index < -0.39 is 0 Å². The number of hydrogen-bond donors (Lipinski definition) is 1. The molecule has 0 aromatic carbocycles. The first-order valence-corrected chi connectivity index (χ1v) is 4.01. The van der Waals surface area contributed by atoms with Crippen LogP contribution in [0, 0.1) is 0 Å². The molecule has 0 aliphatic rings. The van der Waals surface area contributed by atoms with Gasteiger partial charge in [0.1, 0.15) is 0 Å². The first kappa shape index (κ1) is 10.4. The van der Waals surface area contributed by atoms with Crippen molar-refractivity contribution in [3.63, 3.8) is 0 Å². The third-order valence-corrected chi connectivity index (χ3v) is 2.01. The Kier molecular flexibility index (Phi) is 4.12. The lowest BCUT2D eigenvalue weighted by Gasteiger charge is -2.09. The van der Waals surface area contributed by atoms with Crippen LogP contribution in [-0.2, 0) is 0 Å². The molecule has 0 rings (SSSR count). The van der Waals surface area contributed by atoms with Crippen molar-refractivity contribution in [3.05, 3.63) is 22.3 Å². The molecule has 64 valence electrons. The van der Waals surface area contributed by atoms with E-state index in [0.717, 1.165) is 0 Å². The molecule has 1 heteroatoms. The van der Waals surface area contributed by atoms with Gasteiger partial charge >= 0.3 is 0 Å². The fraction of sp³-hybridized carbons (Fsp3) is 0.600. The highest BCUT2D eigenvalue weighted by molar-refractivity contribution is 5.35. The smallest absolute Gasteiger partial charge is 0.0180 e. The Morgan fingerprint density at radius 3 is 1.45 bits per heavy atom. The summed E-state index contributed by atoms with van der Waals surface area (Å²) in [4.78, 5) is 0. The van der Waals surface area contributed by atoms with Gasteiger partial charge < -0.3 is 5.73 Å². The van der Waals surface area contributed by atoms with Crippen molar-refractivity contribution in [2.75, 3.05) is 6.54 Å². The summed E-state index contributed by atoms with van der Waals surface area (Å²) in [6.45, 7) is 11.2. The van der Waals surface area contributed by atoms with Crippen molar-refractivity contribution in [2.24, 2.45) is 5.73 Å². The minimum atomic E-state index is 0.652. The van der Waals surface area contributed by atoms with Crippen molar-refractivity contribution < 1.29 is 0 Å². The van der Waals surface area contributed by atoms with Crippen LogP contribution in [0.1, 0.15) is 34.6 Å². The summed E-state index contributed by atoms with van der Waals surface area (Å²) < 4.78 is 0. The molecule has 0 aromatic heterocycles. The fourth-order valence-electron chi connectivity index (χ4n) is 1.03. The second-order valence-electron chi connectivity index (χ2n) is 3.31. The van der Waals surface area contributed by atoms with Gasteiger partial charge in [0.15, 0.2) is 0 Å². The first-order chi connectivity index (χ1) is 5.00. The van der Waals surface area contributed by atoms with E-state index in [1.54, 1.807) is 0 Å². The largest absolute Gasteiger partial charge is 0.326 e. The normalized spacial score (nSPS) is 9.27. The van der Waals surface area contributed by atoms with Gasteiger partial charge in [-0.05, 0) is 45.8 Å². The number of nitrogens with two attached hydrogens (primary N) is 1.